The number of nitriles is 1. The summed E-state index contributed by atoms with van der Waals surface area (Å²) >= 11 is 13.3. The quantitative estimate of drug-likeness (QED) is 0.0353. The summed E-state index contributed by atoms with van der Waals surface area (Å²) in [5.41, 5.74) is 7.47. The molecule has 15 nitrogen and oxygen atoms in total. The summed E-state index contributed by atoms with van der Waals surface area (Å²) in [5.74, 6) is 1.33. The Morgan fingerprint density at radius 3 is 1.62 bits per heavy atom. The van der Waals surface area contributed by atoms with Gasteiger partial charge < -0.3 is 43.7 Å². The van der Waals surface area contributed by atoms with E-state index < -0.39 is 32.9 Å². The Hall–Kier alpha value is -5.82. The van der Waals surface area contributed by atoms with E-state index in [0.717, 1.165) is 56.9 Å². The average Bonchev–Trinajstić information content (AvgIpc) is 2.06. The van der Waals surface area contributed by atoms with Crippen LogP contribution < -0.4 is 24.6 Å². The number of benzene rings is 6. The first-order valence-electron chi connectivity index (χ1n) is 29.5. The van der Waals surface area contributed by atoms with Gasteiger partial charge in [-0.05, 0) is 94.9 Å². The van der Waals surface area contributed by atoms with Gasteiger partial charge in [0.1, 0.15) is 30.8 Å². The lowest BCUT2D eigenvalue weighted by Gasteiger charge is -2.47. The van der Waals surface area contributed by atoms with Gasteiger partial charge in [-0.1, -0.05) is 162 Å². The Morgan fingerprint density at radius 2 is 1.16 bits per heavy atom. The molecule has 4 atom stereocenters. The van der Waals surface area contributed by atoms with Crippen LogP contribution in [-0.4, -0.2) is 125 Å². The van der Waals surface area contributed by atoms with Crippen LogP contribution in [0.3, 0.4) is 0 Å². The monoisotopic (exact) mass is 1280 g/mol. The second kappa shape index (κ2) is 32.1. The summed E-state index contributed by atoms with van der Waals surface area (Å²) in [4.78, 5) is 10.9. The van der Waals surface area contributed by atoms with Crippen LogP contribution >= 0.6 is 23.2 Å². The Labute approximate surface area is 529 Å². The highest BCUT2D eigenvalue weighted by Crippen LogP contribution is 2.43. The smallest absolute Gasteiger partial charge is 0.265 e. The molecule has 3 N–H and O–H groups in total. The van der Waals surface area contributed by atoms with Crippen LogP contribution in [0.5, 0.6) is 11.5 Å². The molecule has 2 aliphatic heterocycles. The first-order chi connectivity index (χ1) is 41.2. The molecule has 6 aromatic carbocycles. The Bertz CT molecular complexity index is 3310. The van der Waals surface area contributed by atoms with Gasteiger partial charge in [-0.3, -0.25) is 9.08 Å². The summed E-state index contributed by atoms with van der Waals surface area (Å²) in [6.45, 7) is 35.7. The van der Waals surface area contributed by atoms with Gasteiger partial charge >= 0.3 is 0 Å². The molecular weight excluding hydrogens is 1190 g/mol. The largest absolute Gasteiger partial charge is 0.491 e. The Balaban J connectivity index is 0.000000224. The number of hydrogen-bond donors (Lipinski definition) is 3. The van der Waals surface area contributed by atoms with Gasteiger partial charge in [0, 0.05) is 51.4 Å². The van der Waals surface area contributed by atoms with E-state index >= 15 is 0 Å². The summed E-state index contributed by atoms with van der Waals surface area (Å²) in [5, 5.41) is 31.7. The molecule has 0 bridgehead atoms. The van der Waals surface area contributed by atoms with E-state index in [1.807, 2.05) is 66.7 Å². The van der Waals surface area contributed by atoms with Crippen molar-refractivity contribution in [1.29, 1.82) is 5.26 Å². The lowest BCUT2D eigenvalue weighted by molar-refractivity contribution is 0.106. The van der Waals surface area contributed by atoms with Crippen molar-refractivity contribution in [3.8, 4) is 17.6 Å². The van der Waals surface area contributed by atoms with Gasteiger partial charge in [-0.25, -0.2) is 4.85 Å². The average molecular weight is 1280 g/mol. The maximum absolute atomic E-state index is 11.5. The molecule has 0 aliphatic carbocycles. The fraction of sp³-hybridized carbons (Fsp3) is 0.433. The van der Waals surface area contributed by atoms with Crippen molar-refractivity contribution in [3.05, 3.63) is 195 Å². The summed E-state index contributed by atoms with van der Waals surface area (Å²) < 4.78 is 52.2. The number of aliphatic hydroxyl groups is 2. The second-order valence-electron chi connectivity index (χ2n) is 24.7. The number of halogens is 2. The van der Waals surface area contributed by atoms with Gasteiger partial charge in [0.15, 0.2) is 22.3 Å². The van der Waals surface area contributed by atoms with Gasteiger partial charge in [0.05, 0.1) is 90.4 Å². The Morgan fingerprint density at radius 1 is 0.678 bits per heavy atom. The number of piperazine rings is 2. The molecule has 0 amide bonds. The molecule has 2 heterocycles. The number of aliphatic hydroxyl groups excluding tert-OH is 2. The van der Waals surface area contributed by atoms with E-state index in [-0.39, 0.29) is 61.2 Å². The van der Waals surface area contributed by atoms with Gasteiger partial charge in [0.2, 0.25) is 0 Å². The SMILES string of the molecule is CC(C)(C)[Si](C)(C)OC[C@@H](OS(C)(=O)=O)c1ccc(C#N)cc1.OCCOc1ccc(N2CCNC[C@H]2c2ccccc2)c(Cl)c1.[C-]#[N+]c1ccc([C@@H](CO[Si](C)(C)C(C)(C)C)N2CCN(c3ccc(OCCO)cc3Cl)[C@H](c3ccccc3)C2)cc1. The molecule has 0 radical (unpaired) electrons. The van der Waals surface area contributed by atoms with Crippen molar-refractivity contribution in [2.24, 2.45) is 0 Å². The third-order valence-electron chi connectivity index (χ3n) is 16.6. The normalized spacial score (nSPS) is 16.7. The van der Waals surface area contributed by atoms with E-state index in [1.54, 1.807) is 24.3 Å². The molecule has 0 unspecified atom stereocenters. The van der Waals surface area contributed by atoms with Crippen LogP contribution in [0, 0.1) is 17.9 Å². The van der Waals surface area contributed by atoms with Gasteiger partial charge in [0.25, 0.3) is 10.1 Å². The van der Waals surface area contributed by atoms with Crippen LogP contribution in [0.1, 0.15) is 93.6 Å². The first-order valence-corrected chi connectivity index (χ1v) is 37.9. The summed E-state index contributed by atoms with van der Waals surface area (Å²) in [7, 11) is -7.62. The fourth-order valence-corrected chi connectivity index (χ4v) is 12.8. The minimum atomic E-state index is -3.62. The molecule has 2 saturated heterocycles. The second-order valence-corrected chi connectivity index (χ2v) is 36.7. The molecule has 0 saturated carbocycles. The predicted molar refractivity (Wildman–Crippen MR) is 357 cm³/mol. The highest BCUT2D eigenvalue weighted by atomic mass is 35.5. The molecule has 6 aromatic rings. The zero-order valence-corrected chi connectivity index (χ0v) is 56.6. The molecule has 87 heavy (non-hydrogen) atoms. The molecule has 0 spiro atoms. The van der Waals surface area contributed by atoms with Crippen molar-refractivity contribution >= 4 is 67.0 Å². The fourth-order valence-electron chi connectivity index (χ4n) is 9.60. The molecule has 2 fully saturated rings. The third-order valence-corrected chi connectivity index (χ3v) is 26.8. The third kappa shape index (κ3) is 20.4. The molecule has 8 rings (SSSR count). The van der Waals surface area contributed by atoms with Crippen LogP contribution in [0.2, 0.25) is 46.3 Å². The molecule has 2 aliphatic rings. The maximum atomic E-state index is 11.5. The van der Waals surface area contributed by atoms with E-state index in [4.69, 9.17) is 67.8 Å². The molecular formula is C67H88Cl2N6O9SSi2. The molecule has 0 aromatic heterocycles. The topological polar surface area (TPSA) is 171 Å². The van der Waals surface area contributed by atoms with Crippen LogP contribution in [0.15, 0.2) is 146 Å². The van der Waals surface area contributed by atoms with E-state index in [1.165, 1.54) is 16.7 Å². The van der Waals surface area contributed by atoms with Crippen LogP contribution in [-0.2, 0) is 23.2 Å². The van der Waals surface area contributed by atoms with Gasteiger partial charge in [-0.15, -0.1) is 0 Å². The first kappa shape index (κ1) is 70.3. The highest BCUT2D eigenvalue weighted by molar-refractivity contribution is 7.86. The van der Waals surface area contributed by atoms with E-state index in [2.05, 4.69) is 153 Å². The number of nitrogens with zero attached hydrogens (tertiary/aromatic N) is 5. The zero-order valence-electron chi connectivity index (χ0n) is 52.3. The summed E-state index contributed by atoms with van der Waals surface area (Å²) in [6, 6.07) is 49.6. The van der Waals surface area contributed by atoms with Crippen LogP contribution in [0.4, 0.5) is 17.1 Å². The van der Waals surface area contributed by atoms with Crippen molar-refractivity contribution in [1.82, 2.24) is 10.2 Å². The Kier molecular flexibility index (Phi) is 25.9. The number of nitrogens with one attached hydrogen (secondary N) is 1. The predicted octanol–water partition coefficient (Wildman–Crippen LogP) is 14.3. The standard InChI is InChI=1S/C33H42ClN3O3Si.C18H21ClN2O2.C16H25NO4SSi/c1-33(2,3)41(5,6)40-24-32(26-12-14-27(35-4)15-13-26)36-18-19-37(31(23-36)25-10-8-7-9-11-25)30-17-16-28(22-29(30)34)39-21-20-38;19-16-12-15(23-11-10-22)6-7-17(16)21-9-8-20-13-18(21)14-4-2-1-3-5-14;1-16(2,3)23(5,6)20-12-15(21-22(4,18)19)14-9-7-13(11-17)8-10-14/h7-17,22,31-32,38H,18-21,23-24H2,1-3,5-6H3;1-7,12,18,20,22H,8-11,13H2;7-10,15H,12H2,1-6H3/t31-,32+;18-;15-/m001/s1. The van der Waals surface area contributed by atoms with Crippen LogP contribution in [0.25, 0.3) is 4.85 Å². The van der Waals surface area contributed by atoms with Gasteiger partial charge in [-0.2, -0.15) is 13.7 Å². The number of rotatable bonds is 21. The van der Waals surface area contributed by atoms with Crippen molar-refractivity contribution in [2.75, 3.05) is 95.0 Å². The lowest BCUT2D eigenvalue weighted by atomic mass is 9.98. The minimum absolute atomic E-state index is 0.00670. The summed E-state index contributed by atoms with van der Waals surface area (Å²) in [6.07, 6.45) is 0.308. The van der Waals surface area contributed by atoms with Crippen molar-refractivity contribution < 1.29 is 41.1 Å². The zero-order chi connectivity index (χ0) is 63.6. The number of hydrogen-bond acceptors (Lipinski definition) is 14. The van der Waals surface area contributed by atoms with Crippen molar-refractivity contribution in [3.63, 3.8) is 0 Å². The van der Waals surface area contributed by atoms with Crippen molar-refractivity contribution in [2.45, 2.75) is 102 Å². The maximum Gasteiger partial charge on any atom is 0.265 e. The lowest BCUT2D eigenvalue weighted by Crippen LogP contribution is -2.51. The molecule has 468 valence electrons. The number of ether oxygens (including phenoxy) is 2. The van der Waals surface area contributed by atoms with E-state index in [0.29, 0.717) is 45.0 Å². The molecule has 20 heteroatoms. The van der Waals surface area contributed by atoms with E-state index in [9.17, 15) is 8.42 Å². The highest BCUT2D eigenvalue weighted by Gasteiger charge is 2.41. The number of anilines is 2. The minimum Gasteiger partial charge on any atom is -0.491 e.